The fraction of sp³-hybridized carbons (Fsp3) is 0.304. The minimum absolute atomic E-state index is 0.0701. The fourth-order valence-electron chi connectivity index (χ4n) is 3.60. The van der Waals surface area contributed by atoms with Crippen LogP contribution >= 0.6 is 0 Å². The van der Waals surface area contributed by atoms with Crippen molar-refractivity contribution in [1.82, 2.24) is 14.9 Å². The zero-order chi connectivity index (χ0) is 20.8. The smallest absolute Gasteiger partial charge is 0.165 e. The Morgan fingerprint density at radius 3 is 2.73 bits per heavy atom. The van der Waals surface area contributed by atoms with Gasteiger partial charge < -0.3 is 19.5 Å². The molecular weight excluding hydrogens is 380 g/mol. The molecule has 0 aliphatic carbocycles. The number of ether oxygens (including phenoxy) is 3. The molecule has 1 aliphatic heterocycles. The minimum Gasteiger partial charge on any atom is -0.493 e. The second kappa shape index (κ2) is 9.56. The third kappa shape index (κ3) is 4.69. The molecular formula is C23H26N4O3. The number of para-hydroxylation sites is 1. The largest absolute Gasteiger partial charge is 0.493 e. The van der Waals surface area contributed by atoms with Crippen LogP contribution in [0.3, 0.4) is 0 Å². The van der Waals surface area contributed by atoms with E-state index in [-0.39, 0.29) is 6.10 Å². The zero-order valence-corrected chi connectivity index (χ0v) is 17.2. The third-order valence-corrected chi connectivity index (χ3v) is 5.08. The summed E-state index contributed by atoms with van der Waals surface area (Å²) in [7, 11) is 3.33. The number of benzene rings is 1. The van der Waals surface area contributed by atoms with Gasteiger partial charge in [0.25, 0.3) is 0 Å². The van der Waals surface area contributed by atoms with E-state index in [4.69, 9.17) is 14.2 Å². The molecule has 30 heavy (non-hydrogen) atoms. The third-order valence-electron chi connectivity index (χ3n) is 5.08. The number of hydrogen-bond acceptors (Lipinski definition) is 7. The molecule has 0 bridgehead atoms. The lowest BCUT2D eigenvalue weighted by Crippen LogP contribution is -2.38. The maximum atomic E-state index is 6.00. The van der Waals surface area contributed by atoms with Crippen LogP contribution in [0, 0.1) is 0 Å². The summed E-state index contributed by atoms with van der Waals surface area (Å²) in [5, 5.41) is 3.25. The molecule has 0 radical (unpaired) electrons. The van der Waals surface area contributed by atoms with Crippen molar-refractivity contribution in [3.05, 3.63) is 72.2 Å². The Kier molecular flexibility index (Phi) is 6.41. The molecule has 3 heterocycles. The van der Waals surface area contributed by atoms with Crippen molar-refractivity contribution < 1.29 is 14.2 Å². The summed E-state index contributed by atoms with van der Waals surface area (Å²) in [6, 6.07) is 15.7. The predicted octanol–water partition coefficient (Wildman–Crippen LogP) is 3.81. The van der Waals surface area contributed by atoms with Gasteiger partial charge in [-0.1, -0.05) is 18.2 Å². The van der Waals surface area contributed by atoms with Crippen LogP contribution in [0.4, 0.5) is 11.5 Å². The predicted molar refractivity (Wildman–Crippen MR) is 115 cm³/mol. The van der Waals surface area contributed by atoms with Crippen molar-refractivity contribution in [2.75, 3.05) is 39.2 Å². The van der Waals surface area contributed by atoms with E-state index in [0.717, 1.165) is 53.9 Å². The van der Waals surface area contributed by atoms with Gasteiger partial charge in [-0.2, -0.15) is 0 Å². The van der Waals surface area contributed by atoms with Crippen molar-refractivity contribution in [2.24, 2.45) is 0 Å². The first-order chi connectivity index (χ1) is 14.8. The van der Waals surface area contributed by atoms with E-state index in [1.807, 2.05) is 48.7 Å². The number of aromatic nitrogens is 2. The highest BCUT2D eigenvalue weighted by molar-refractivity contribution is 5.54. The number of methoxy groups -OCH3 is 2. The molecule has 1 saturated heterocycles. The summed E-state index contributed by atoms with van der Waals surface area (Å²) >= 11 is 0. The molecule has 0 saturated carbocycles. The van der Waals surface area contributed by atoms with E-state index in [1.54, 1.807) is 20.4 Å². The van der Waals surface area contributed by atoms with E-state index in [9.17, 15) is 0 Å². The van der Waals surface area contributed by atoms with E-state index in [2.05, 4.69) is 26.3 Å². The number of nitrogens with zero attached hydrogens (tertiary/aromatic N) is 3. The summed E-state index contributed by atoms with van der Waals surface area (Å²) in [5.41, 5.74) is 2.91. The molecule has 0 spiro atoms. The number of anilines is 2. The maximum absolute atomic E-state index is 6.00. The van der Waals surface area contributed by atoms with Crippen molar-refractivity contribution in [3.63, 3.8) is 0 Å². The lowest BCUT2D eigenvalue weighted by atomic mass is 10.1. The number of hydrogen-bond donors (Lipinski definition) is 1. The van der Waals surface area contributed by atoms with Crippen molar-refractivity contribution >= 4 is 11.5 Å². The summed E-state index contributed by atoms with van der Waals surface area (Å²) in [4.78, 5) is 11.2. The van der Waals surface area contributed by atoms with Gasteiger partial charge >= 0.3 is 0 Å². The van der Waals surface area contributed by atoms with Gasteiger partial charge in [0, 0.05) is 31.4 Å². The van der Waals surface area contributed by atoms with Gasteiger partial charge in [-0.05, 0) is 30.3 Å². The average molecular weight is 406 g/mol. The topological polar surface area (TPSA) is 68.7 Å². The standard InChI is InChI=1S/C23H26N4O3/c1-28-20-7-5-6-17(23(20)29-2)15-27-12-13-30-21(16-27)19-10-9-18(14-25-19)26-22-8-3-4-11-24-22/h3-11,14,21H,12-13,15-16H2,1-2H3,(H,24,26)/t21-/m0/s1. The Morgan fingerprint density at radius 2 is 2.00 bits per heavy atom. The van der Waals surface area contributed by atoms with E-state index in [0.29, 0.717) is 6.61 Å². The maximum Gasteiger partial charge on any atom is 0.165 e. The van der Waals surface area contributed by atoms with Crippen LogP contribution in [0.15, 0.2) is 60.9 Å². The highest BCUT2D eigenvalue weighted by Crippen LogP contribution is 2.32. The van der Waals surface area contributed by atoms with Crippen LogP contribution in [0.1, 0.15) is 17.4 Å². The van der Waals surface area contributed by atoms with Gasteiger partial charge in [0.1, 0.15) is 11.9 Å². The number of nitrogens with one attached hydrogen (secondary N) is 1. The van der Waals surface area contributed by atoms with E-state index >= 15 is 0 Å². The van der Waals surface area contributed by atoms with Crippen LogP contribution in [-0.4, -0.2) is 48.8 Å². The first-order valence-electron chi connectivity index (χ1n) is 9.94. The van der Waals surface area contributed by atoms with Gasteiger partial charge in [0.2, 0.25) is 0 Å². The zero-order valence-electron chi connectivity index (χ0n) is 17.2. The number of pyridine rings is 2. The summed E-state index contributed by atoms with van der Waals surface area (Å²) in [5.74, 6) is 2.32. The monoisotopic (exact) mass is 406 g/mol. The first kappa shape index (κ1) is 20.1. The van der Waals surface area contributed by atoms with Crippen molar-refractivity contribution in [2.45, 2.75) is 12.6 Å². The van der Waals surface area contributed by atoms with Crippen LogP contribution in [0.2, 0.25) is 0 Å². The molecule has 1 aliphatic rings. The first-order valence-corrected chi connectivity index (χ1v) is 9.94. The second-order valence-corrected chi connectivity index (χ2v) is 7.06. The second-order valence-electron chi connectivity index (χ2n) is 7.06. The van der Waals surface area contributed by atoms with Gasteiger partial charge in [-0.15, -0.1) is 0 Å². The van der Waals surface area contributed by atoms with Crippen LogP contribution in [-0.2, 0) is 11.3 Å². The Bertz CT molecular complexity index is 950. The van der Waals surface area contributed by atoms with E-state index < -0.39 is 0 Å². The van der Waals surface area contributed by atoms with Crippen LogP contribution in [0.5, 0.6) is 11.5 Å². The molecule has 3 aromatic rings. The van der Waals surface area contributed by atoms with Crippen molar-refractivity contribution in [3.8, 4) is 11.5 Å². The number of morpholine rings is 1. The molecule has 7 heteroatoms. The minimum atomic E-state index is -0.0701. The molecule has 7 nitrogen and oxygen atoms in total. The lowest BCUT2D eigenvalue weighted by molar-refractivity contribution is -0.0351. The van der Waals surface area contributed by atoms with E-state index in [1.165, 1.54) is 0 Å². The Balaban J connectivity index is 1.42. The molecule has 2 aromatic heterocycles. The van der Waals surface area contributed by atoms with Crippen LogP contribution in [0.25, 0.3) is 0 Å². The lowest BCUT2D eigenvalue weighted by Gasteiger charge is -2.33. The Morgan fingerprint density at radius 1 is 1.07 bits per heavy atom. The normalized spacial score (nSPS) is 16.8. The summed E-state index contributed by atoms with van der Waals surface area (Å²) in [6.07, 6.45) is 3.50. The quantitative estimate of drug-likeness (QED) is 0.640. The van der Waals surface area contributed by atoms with Gasteiger partial charge in [-0.25, -0.2) is 4.98 Å². The molecule has 1 N–H and O–H groups in total. The Labute approximate surface area is 176 Å². The molecule has 1 atom stereocenters. The summed E-state index contributed by atoms with van der Waals surface area (Å²) in [6.45, 7) is 3.04. The SMILES string of the molecule is COc1cccc(CN2CCO[C@H](c3ccc(Nc4ccccn4)cn3)C2)c1OC. The fourth-order valence-corrected chi connectivity index (χ4v) is 3.60. The molecule has 1 aromatic carbocycles. The van der Waals surface area contributed by atoms with Crippen molar-refractivity contribution in [1.29, 1.82) is 0 Å². The van der Waals surface area contributed by atoms with Gasteiger partial charge in [0.15, 0.2) is 11.5 Å². The molecule has 0 unspecified atom stereocenters. The van der Waals surface area contributed by atoms with Crippen LogP contribution < -0.4 is 14.8 Å². The van der Waals surface area contributed by atoms with Gasteiger partial charge in [0.05, 0.1) is 38.4 Å². The van der Waals surface area contributed by atoms with Gasteiger partial charge in [-0.3, -0.25) is 9.88 Å². The Hall–Kier alpha value is -3.16. The molecule has 4 rings (SSSR count). The molecule has 0 amide bonds. The number of rotatable bonds is 7. The highest BCUT2D eigenvalue weighted by Gasteiger charge is 2.24. The molecule has 1 fully saturated rings. The molecule has 156 valence electrons. The average Bonchev–Trinajstić information content (AvgIpc) is 2.80. The highest BCUT2D eigenvalue weighted by atomic mass is 16.5. The summed E-state index contributed by atoms with van der Waals surface area (Å²) < 4.78 is 17.0.